The average molecular weight is 491 g/mol. The molecule has 1 amide bonds. The van der Waals surface area contributed by atoms with E-state index in [9.17, 15) is 4.79 Å². The number of carbonyl (C=O) groups excluding carboxylic acids is 1. The number of thiophene rings is 1. The molecule has 0 bridgehead atoms. The molecule has 4 aromatic rings. The lowest BCUT2D eigenvalue weighted by molar-refractivity contribution is -0.132. The third kappa shape index (κ3) is 4.04. The largest absolute Gasteiger partial charge is 0.495 e. The Morgan fingerprint density at radius 3 is 2.80 bits per heavy atom. The first-order valence-electron chi connectivity index (χ1n) is 11.7. The first kappa shape index (κ1) is 23.3. The van der Waals surface area contributed by atoms with Crippen LogP contribution in [0.3, 0.4) is 0 Å². The molecule has 0 saturated carbocycles. The van der Waals surface area contributed by atoms with Crippen molar-refractivity contribution in [3.8, 4) is 16.2 Å². The van der Waals surface area contributed by atoms with Gasteiger partial charge in [0, 0.05) is 41.8 Å². The normalized spacial score (nSPS) is 14.1. The van der Waals surface area contributed by atoms with Crippen LogP contribution in [0.25, 0.3) is 31.6 Å². The molecule has 8 nitrogen and oxygen atoms in total. The van der Waals surface area contributed by atoms with Crippen molar-refractivity contribution >= 4 is 44.2 Å². The van der Waals surface area contributed by atoms with Gasteiger partial charge in [-0.05, 0) is 43.6 Å². The van der Waals surface area contributed by atoms with Crippen LogP contribution >= 0.6 is 11.3 Å². The van der Waals surface area contributed by atoms with E-state index < -0.39 is 0 Å². The Hall–Kier alpha value is -3.43. The molecular formula is C26H30N6O2S. The highest BCUT2D eigenvalue weighted by Gasteiger charge is 2.34. The van der Waals surface area contributed by atoms with Gasteiger partial charge in [0.05, 0.1) is 23.2 Å². The maximum atomic E-state index is 12.8. The Balaban J connectivity index is 1.48. The van der Waals surface area contributed by atoms with Crippen LogP contribution in [-0.2, 0) is 4.79 Å². The fourth-order valence-corrected chi connectivity index (χ4v) is 5.80. The highest BCUT2D eigenvalue weighted by molar-refractivity contribution is 7.22. The molecule has 5 rings (SSSR count). The number of amides is 1. The van der Waals surface area contributed by atoms with Crippen LogP contribution in [0.2, 0.25) is 0 Å². The Morgan fingerprint density at radius 1 is 1.31 bits per heavy atom. The number of nitrogens with two attached hydrogens (primary N) is 1. The summed E-state index contributed by atoms with van der Waals surface area (Å²) in [5.41, 5.74) is 9.90. The number of likely N-dealkylation sites (tertiary alicyclic amines) is 1. The van der Waals surface area contributed by atoms with Crippen LogP contribution in [-0.4, -0.2) is 70.6 Å². The predicted molar refractivity (Wildman–Crippen MR) is 142 cm³/mol. The number of carbonyl (C=O) groups is 1. The zero-order chi connectivity index (χ0) is 24.9. The number of methoxy groups -OCH3 is 1. The molecule has 1 aromatic carbocycles. The highest BCUT2D eigenvalue weighted by Crippen LogP contribution is 2.43. The van der Waals surface area contributed by atoms with Crippen LogP contribution in [0.5, 0.6) is 5.75 Å². The lowest BCUT2D eigenvalue weighted by Crippen LogP contribution is -2.51. The van der Waals surface area contributed by atoms with E-state index >= 15 is 0 Å². The van der Waals surface area contributed by atoms with Gasteiger partial charge in [-0.25, -0.2) is 9.97 Å². The summed E-state index contributed by atoms with van der Waals surface area (Å²) in [6.45, 7) is 10.8. The minimum atomic E-state index is 0.0133. The van der Waals surface area contributed by atoms with Gasteiger partial charge in [-0.1, -0.05) is 19.6 Å². The summed E-state index contributed by atoms with van der Waals surface area (Å²) in [5.74, 6) is 1.33. The minimum Gasteiger partial charge on any atom is -0.495 e. The molecule has 1 aliphatic rings. The van der Waals surface area contributed by atoms with Gasteiger partial charge in [-0.2, -0.15) is 0 Å². The van der Waals surface area contributed by atoms with Gasteiger partial charge in [-0.3, -0.25) is 4.79 Å². The van der Waals surface area contributed by atoms with Gasteiger partial charge in [0.15, 0.2) is 0 Å². The molecule has 3 aromatic heterocycles. The number of aryl methyl sites for hydroxylation is 1. The Morgan fingerprint density at radius 2 is 2.09 bits per heavy atom. The second-order valence-electron chi connectivity index (χ2n) is 9.20. The number of likely N-dealkylation sites (N-methyl/N-ethyl adjacent to an activating group) is 1. The van der Waals surface area contributed by atoms with Gasteiger partial charge < -0.3 is 24.8 Å². The molecular weight excluding hydrogens is 460 g/mol. The minimum absolute atomic E-state index is 0.0133. The van der Waals surface area contributed by atoms with Gasteiger partial charge in [-0.15, -0.1) is 11.3 Å². The quantitative estimate of drug-likeness (QED) is 0.392. The summed E-state index contributed by atoms with van der Waals surface area (Å²) < 4.78 is 8.87. The van der Waals surface area contributed by atoms with E-state index in [1.165, 1.54) is 6.33 Å². The number of nitrogens with zero attached hydrogens (tertiary/aromatic N) is 5. The molecule has 0 unspecified atom stereocenters. The summed E-state index contributed by atoms with van der Waals surface area (Å²) in [6.07, 6.45) is 3.60. The van der Waals surface area contributed by atoms with Crippen molar-refractivity contribution in [1.82, 2.24) is 24.3 Å². The Kier molecular flexibility index (Phi) is 5.98. The maximum Gasteiger partial charge on any atom is 0.250 e. The molecule has 9 heteroatoms. The molecule has 2 N–H and O–H groups in total. The molecule has 0 radical (unpaired) electrons. The molecule has 0 spiro atoms. The third-order valence-corrected chi connectivity index (χ3v) is 7.90. The first-order chi connectivity index (χ1) is 16.8. The summed E-state index contributed by atoms with van der Waals surface area (Å²) in [4.78, 5) is 26.7. The maximum absolute atomic E-state index is 12.8. The topological polar surface area (TPSA) is 89.5 Å². The summed E-state index contributed by atoms with van der Waals surface area (Å²) in [7, 11) is 3.68. The van der Waals surface area contributed by atoms with Crippen LogP contribution in [0.4, 0.5) is 5.82 Å². The molecule has 0 aliphatic carbocycles. The first-order valence-corrected chi connectivity index (χ1v) is 12.5. The van der Waals surface area contributed by atoms with Crippen molar-refractivity contribution in [2.24, 2.45) is 0 Å². The predicted octanol–water partition coefficient (Wildman–Crippen LogP) is 4.10. The van der Waals surface area contributed by atoms with Gasteiger partial charge in [0.1, 0.15) is 23.5 Å². The van der Waals surface area contributed by atoms with Gasteiger partial charge in [0.2, 0.25) is 0 Å². The van der Waals surface area contributed by atoms with Gasteiger partial charge >= 0.3 is 0 Å². The van der Waals surface area contributed by atoms with E-state index in [0.717, 1.165) is 49.4 Å². The van der Waals surface area contributed by atoms with Crippen molar-refractivity contribution in [3.63, 3.8) is 0 Å². The summed E-state index contributed by atoms with van der Waals surface area (Å²) >= 11 is 1.67. The summed E-state index contributed by atoms with van der Waals surface area (Å²) in [6, 6.07) is 6.50. The van der Waals surface area contributed by atoms with E-state index in [1.54, 1.807) is 18.4 Å². The Labute approximate surface area is 208 Å². The molecule has 1 saturated heterocycles. The van der Waals surface area contributed by atoms with Crippen molar-refractivity contribution in [2.45, 2.75) is 19.9 Å². The lowest BCUT2D eigenvalue weighted by Gasteiger charge is -2.40. The van der Waals surface area contributed by atoms with Gasteiger partial charge in [0.25, 0.3) is 5.91 Å². The SMILES string of the molecule is C=C(CN(C)CC)C(=O)N1CC(n2cc(-c3cc4cc(C)cc(OC)c4s3)c3c(N)ncnc32)C1. The van der Waals surface area contributed by atoms with Crippen molar-refractivity contribution < 1.29 is 9.53 Å². The number of fused-ring (bicyclic) bond motifs is 2. The zero-order valence-corrected chi connectivity index (χ0v) is 21.4. The number of anilines is 1. The molecule has 182 valence electrons. The number of aromatic nitrogens is 3. The number of rotatable bonds is 7. The second-order valence-corrected chi connectivity index (χ2v) is 10.3. The van der Waals surface area contributed by atoms with Crippen LogP contribution < -0.4 is 10.5 Å². The van der Waals surface area contributed by atoms with Crippen LogP contribution in [0, 0.1) is 6.92 Å². The third-order valence-electron chi connectivity index (χ3n) is 6.70. The molecule has 1 fully saturated rings. The number of hydrogen-bond donors (Lipinski definition) is 1. The van der Waals surface area contributed by atoms with E-state index in [2.05, 4.69) is 64.3 Å². The number of hydrogen-bond acceptors (Lipinski definition) is 7. The fraction of sp³-hybridized carbons (Fsp3) is 0.346. The Bertz CT molecular complexity index is 1450. The number of benzene rings is 1. The number of nitrogen functional groups attached to an aromatic ring is 1. The van der Waals surface area contributed by atoms with E-state index in [-0.39, 0.29) is 11.9 Å². The lowest BCUT2D eigenvalue weighted by atomic mass is 10.1. The van der Waals surface area contributed by atoms with Crippen LogP contribution in [0.1, 0.15) is 18.5 Å². The zero-order valence-electron chi connectivity index (χ0n) is 20.5. The van der Waals surface area contributed by atoms with E-state index in [4.69, 9.17) is 10.5 Å². The standard InChI is InChI=1S/C26H30N6O2S/c1-6-30(4)10-16(3)26(33)31-11-18(12-31)32-13-19(22-24(27)28-14-29-25(22)32)21-9-17-7-15(2)8-20(34-5)23(17)35-21/h7-9,13-14,18H,3,6,10-12H2,1-2,4-5H3,(H2,27,28,29). The average Bonchev–Trinajstić information content (AvgIpc) is 3.40. The van der Waals surface area contributed by atoms with E-state index in [0.29, 0.717) is 31.0 Å². The fourth-order valence-electron chi connectivity index (χ4n) is 4.65. The van der Waals surface area contributed by atoms with Crippen molar-refractivity contribution in [1.29, 1.82) is 0 Å². The molecule has 1 aliphatic heterocycles. The van der Waals surface area contributed by atoms with Crippen molar-refractivity contribution in [2.75, 3.05) is 46.1 Å². The highest BCUT2D eigenvalue weighted by atomic mass is 32.1. The van der Waals surface area contributed by atoms with Crippen LogP contribution in [0.15, 0.2) is 42.9 Å². The van der Waals surface area contributed by atoms with Crippen molar-refractivity contribution in [3.05, 3.63) is 48.4 Å². The molecule has 4 heterocycles. The molecule has 0 atom stereocenters. The summed E-state index contributed by atoms with van der Waals surface area (Å²) in [5, 5.41) is 1.97. The van der Waals surface area contributed by atoms with E-state index in [1.807, 2.05) is 11.9 Å². The smallest absolute Gasteiger partial charge is 0.250 e. The number of ether oxygens (including phenoxy) is 1. The second kappa shape index (κ2) is 8.98. The molecule has 35 heavy (non-hydrogen) atoms. The monoisotopic (exact) mass is 490 g/mol.